The highest BCUT2D eigenvalue weighted by molar-refractivity contribution is 5.94. The van der Waals surface area contributed by atoms with Crippen molar-refractivity contribution >= 4 is 22.3 Å². The Labute approximate surface area is 212 Å². The number of benzene rings is 2. The molecule has 3 aliphatic rings. The van der Waals surface area contributed by atoms with Crippen molar-refractivity contribution in [1.82, 2.24) is 20.2 Å². The van der Waals surface area contributed by atoms with Gasteiger partial charge in [-0.05, 0) is 37.9 Å². The fraction of sp³-hybridized carbons (Fsp3) is 0.464. The lowest BCUT2D eigenvalue weighted by molar-refractivity contribution is 0.187. The minimum atomic E-state index is 0.140. The van der Waals surface area contributed by atoms with Crippen LogP contribution >= 0.6 is 0 Å². The normalized spacial score (nSPS) is 22.1. The SMILES string of the molecule is CN1CCC[C@H]1COc1nc2c(c(N3CCN[C@@H](CC#N)C3)n1)CN(c1cccc3ccccc13)C2. The van der Waals surface area contributed by atoms with Crippen LogP contribution in [-0.2, 0) is 13.1 Å². The molecule has 0 unspecified atom stereocenters. The molecule has 0 saturated carbocycles. The first-order valence-corrected chi connectivity index (χ1v) is 13.0. The summed E-state index contributed by atoms with van der Waals surface area (Å²) in [6.07, 6.45) is 2.85. The summed E-state index contributed by atoms with van der Waals surface area (Å²) in [6.45, 7) is 5.66. The summed E-state index contributed by atoms with van der Waals surface area (Å²) in [7, 11) is 2.16. The van der Waals surface area contributed by atoms with Crippen LogP contribution in [-0.4, -0.2) is 66.8 Å². The number of piperazine rings is 1. The van der Waals surface area contributed by atoms with Crippen LogP contribution < -0.4 is 19.9 Å². The smallest absolute Gasteiger partial charge is 0.318 e. The highest BCUT2D eigenvalue weighted by atomic mass is 16.5. The number of ether oxygens (including phenoxy) is 1. The third-order valence-corrected chi connectivity index (χ3v) is 7.82. The Balaban J connectivity index is 1.32. The van der Waals surface area contributed by atoms with E-state index in [4.69, 9.17) is 14.7 Å². The van der Waals surface area contributed by atoms with Crippen LogP contribution in [0.1, 0.15) is 30.5 Å². The molecule has 3 aromatic rings. The number of hydrogen-bond acceptors (Lipinski definition) is 8. The summed E-state index contributed by atoms with van der Waals surface area (Å²) in [4.78, 5) is 17.0. The van der Waals surface area contributed by atoms with Crippen molar-refractivity contribution in [3.05, 3.63) is 53.7 Å². The fourth-order valence-corrected chi connectivity index (χ4v) is 5.82. The molecule has 4 heterocycles. The van der Waals surface area contributed by atoms with Crippen LogP contribution in [0.25, 0.3) is 10.8 Å². The second-order valence-electron chi connectivity index (χ2n) is 10.2. The third-order valence-electron chi connectivity index (χ3n) is 7.82. The van der Waals surface area contributed by atoms with Gasteiger partial charge in [-0.1, -0.05) is 36.4 Å². The maximum absolute atomic E-state index is 9.25. The summed E-state index contributed by atoms with van der Waals surface area (Å²) in [5.41, 5.74) is 3.43. The van der Waals surface area contributed by atoms with Crippen molar-refractivity contribution in [2.75, 3.05) is 49.6 Å². The van der Waals surface area contributed by atoms with Gasteiger partial charge >= 0.3 is 6.01 Å². The van der Waals surface area contributed by atoms with Gasteiger partial charge in [-0.25, -0.2) is 0 Å². The Kier molecular flexibility index (Phi) is 6.34. The van der Waals surface area contributed by atoms with Crippen LogP contribution in [0.15, 0.2) is 42.5 Å². The summed E-state index contributed by atoms with van der Waals surface area (Å²) in [5, 5.41) is 15.2. The van der Waals surface area contributed by atoms with Gasteiger partial charge in [0.25, 0.3) is 0 Å². The first kappa shape index (κ1) is 23.0. The van der Waals surface area contributed by atoms with E-state index in [1.165, 1.54) is 28.4 Å². The predicted octanol–water partition coefficient (Wildman–Crippen LogP) is 3.31. The molecule has 0 bridgehead atoms. The molecule has 2 aromatic carbocycles. The van der Waals surface area contributed by atoms with Crippen molar-refractivity contribution in [2.24, 2.45) is 0 Å². The van der Waals surface area contributed by atoms with Crippen molar-refractivity contribution in [3.63, 3.8) is 0 Å². The van der Waals surface area contributed by atoms with E-state index < -0.39 is 0 Å². The van der Waals surface area contributed by atoms with Gasteiger partial charge in [0.1, 0.15) is 12.4 Å². The summed E-state index contributed by atoms with van der Waals surface area (Å²) < 4.78 is 6.23. The maximum atomic E-state index is 9.25. The minimum absolute atomic E-state index is 0.140. The number of likely N-dealkylation sites (tertiary alicyclic amines) is 1. The average molecular weight is 484 g/mol. The van der Waals surface area contributed by atoms with Crippen LogP contribution in [0.3, 0.4) is 0 Å². The average Bonchev–Trinajstić information content (AvgIpc) is 3.52. The van der Waals surface area contributed by atoms with Gasteiger partial charge in [-0.2, -0.15) is 15.2 Å². The van der Waals surface area contributed by atoms with E-state index in [1.54, 1.807) is 0 Å². The molecule has 0 radical (unpaired) electrons. The number of anilines is 2. The minimum Gasteiger partial charge on any atom is -0.462 e. The Morgan fingerprint density at radius 3 is 2.83 bits per heavy atom. The number of hydrogen-bond donors (Lipinski definition) is 1. The highest BCUT2D eigenvalue weighted by Gasteiger charge is 2.31. The Morgan fingerprint density at radius 1 is 1.08 bits per heavy atom. The molecule has 3 aliphatic heterocycles. The number of likely N-dealkylation sites (N-methyl/N-ethyl adjacent to an activating group) is 1. The molecule has 0 amide bonds. The number of fused-ring (bicyclic) bond motifs is 2. The standard InChI is InChI=1S/C28H33N7O/c1-33-14-5-8-22(33)19-36-28-31-25-18-35(26-10-4-7-20-6-2-3-9-23(20)26)17-24(25)27(32-28)34-15-13-30-21(16-34)11-12-29/h2-4,6-7,9-10,21-22,30H,5,8,11,13-19H2,1H3/t21-,22-/m0/s1. The number of nitriles is 1. The zero-order chi connectivity index (χ0) is 24.5. The van der Waals surface area contributed by atoms with Crippen molar-refractivity contribution in [1.29, 1.82) is 5.26 Å². The van der Waals surface area contributed by atoms with E-state index in [1.807, 2.05) is 0 Å². The molecule has 0 aliphatic carbocycles. The molecule has 8 nitrogen and oxygen atoms in total. The monoisotopic (exact) mass is 483 g/mol. The largest absolute Gasteiger partial charge is 0.462 e. The quantitative estimate of drug-likeness (QED) is 0.572. The van der Waals surface area contributed by atoms with E-state index in [2.05, 4.69) is 75.6 Å². The van der Waals surface area contributed by atoms with Crippen LogP contribution in [0, 0.1) is 11.3 Å². The van der Waals surface area contributed by atoms with E-state index >= 15 is 0 Å². The van der Waals surface area contributed by atoms with Gasteiger partial charge in [0, 0.05) is 54.9 Å². The molecular weight excluding hydrogens is 450 g/mol. The van der Waals surface area contributed by atoms with E-state index in [0.717, 1.165) is 57.2 Å². The topological polar surface area (TPSA) is 80.5 Å². The molecule has 2 fully saturated rings. The van der Waals surface area contributed by atoms with Crippen molar-refractivity contribution in [3.8, 4) is 12.1 Å². The van der Waals surface area contributed by atoms with Crippen LogP contribution in [0.4, 0.5) is 11.5 Å². The zero-order valence-electron chi connectivity index (χ0n) is 20.9. The van der Waals surface area contributed by atoms with Crippen LogP contribution in [0.5, 0.6) is 6.01 Å². The van der Waals surface area contributed by atoms with Gasteiger partial charge in [0.2, 0.25) is 0 Å². The Hall–Kier alpha value is -3.41. The van der Waals surface area contributed by atoms with Crippen molar-refractivity contribution in [2.45, 2.75) is 44.4 Å². The molecule has 2 atom stereocenters. The molecule has 8 heteroatoms. The molecule has 6 rings (SSSR count). The lowest BCUT2D eigenvalue weighted by Gasteiger charge is -2.34. The maximum Gasteiger partial charge on any atom is 0.318 e. The summed E-state index contributed by atoms with van der Waals surface area (Å²) in [5.74, 6) is 0.960. The first-order chi connectivity index (χ1) is 17.7. The van der Waals surface area contributed by atoms with Crippen LogP contribution in [0.2, 0.25) is 0 Å². The molecule has 0 spiro atoms. The molecule has 1 aromatic heterocycles. The van der Waals surface area contributed by atoms with Gasteiger partial charge < -0.3 is 24.8 Å². The third kappa shape index (κ3) is 4.45. The number of nitrogens with one attached hydrogen (secondary N) is 1. The molecule has 2 saturated heterocycles. The zero-order valence-corrected chi connectivity index (χ0v) is 20.9. The van der Waals surface area contributed by atoms with Gasteiger partial charge in [0.05, 0.1) is 24.7 Å². The Bertz CT molecular complexity index is 1280. The van der Waals surface area contributed by atoms with E-state index in [9.17, 15) is 5.26 Å². The van der Waals surface area contributed by atoms with Gasteiger partial charge in [0.15, 0.2) is 0 Å². The fourth-order valence-electron chi connectivity index (χ4n) is 5.82. The number of rotatable bonds is 6. The summed E-state index contributed by atoms with van der Waals surface area (Å²) >= 11 is 0. The molecule has 36 heavy (non-hydrogen) atoms. The van der Waals surface area contributed by atoms with Gasteiger partial charge in [-0.15, -0.1) is 0 Å². The lowest BCUT2D eigenvalue weighted by Crippen LogP contribution is -2.51. The second kappa shape index (κ2) is 9.92. The first-order valence-electron chi connectivity index (χ1n) is 13.0. The predicted molar refractivity (Wildman–Crippen MR) is 141 cm³/mol. The van der Waals surface area contributed by atoms with E-state index in [-0.39, 0.29) is 6.04 Å². The van der Waals surface area contributed by atoms with Gasteiger partial charge in [-0.3, -0.25) is 0 Å². The number of nitrogens with zero attached hydrogens (tertiary/aromatic N) is 6. The van der Waals surface area contributed by atoms with Crippen molar-refractivity contribution < 1.29 is 4.74 Å². The van der Waals surface area contributed by atoms with E-state index in [0.29, 0.717) is 25.1 Å². The lowest BCUT2D eigenvalue weighted by atomic mass is 10.1. The molecule has 1 N–H and O–H groups in total. The molecule has 186 valence electrons. The molecular formula is C28H33N7O. The summed E-state index contributed by atoms with van der Waals surface area (Å²) in [6, 6.07) is 18.4. The Morgan fingerprint density at radius 2 is 1.97 bits per heavy atom. The highest BCUT2D eigenvalue weighted by Crippen LogP contribution is 2.37. The second-order valence-corrected chi connectivity index (χ2v) is 10.2. The number of aromatic nitrogens is 2.